The van der Waals surface area contributed by atoms with Crippen molar-refractivity contribution >= 4 is 16.0 Å². The van der Waals surface area contributed by atoms with Gasteiger partial charge in [-0.15, -0.1) is 0 Å². The predicted molar refractivity (Wildman–Crippen MR) is 230 cm³/mol. The fraction of sp³-hybridized carbons (Fsp3) is 0.848. The molecule has 0 fully saturated rings. The largest absolute Gasteiger partial charge is 0.387 e. The normalized spacial score (nSPS) is 13.5. The van der Waals surface area contributed by atoms with Gasteiger partial charge in [-0.05, 0) is 57.8 Å². The first-order valence-corrected chi connectivity index (χ1v) is 24.3. The number of nitrogens with one attached hydrogen (secondary N) is 1. The second-order valence-corrected chi connectivity index (χ2v) is 17.2. The Labute approximate surface area is 329 Å². The van der Waals surface area contributed by atoms with E-state index in [9.17, 15) is 22.9 Å². The molecule has 2 atom stereocenters. The number of aliphatic hydroxyl groups excluding tert-OH is 1. The number of allylic oxidation sites excluding steroid dienone is 5. The van der Waals surface area contributed by atoms with Crippen LogP contribution in [0.1, 0.15) is 232 Å². The number of amides is 1. The monoisotopic (exact) mass is 766 g/mol. The van der Waals surface area contributed by atoms with Crippen LogP contribution in [0, 0.1) is 0 Å². The molecule has 0 saturated heterocycles. The molecule has 0 heterocycles. The third kappa shape index (κ3) is 41.6. The van der Waals surface area contributed by atoms with Crippen molar-refractivity contribution in [3.05, 3.63) is 36.5 Å². The van der Waals surface area contributed by atoms with E-state index in [2.05, 4.69) is 43.5 Å². The van der Waals surface area contributed by atoms with Gasteiger partial charge >= 0.3 is 0 Å². The van der Waals surface area contributed by atoms with Gasteiger partial charge in [0.1, 0.15) is 0 Å². The molecule has 0 aromatic rings. The fourth-order valence-corrected chi connectivity index (χ4v) is 7.61. The van der Waals surface area contributed by atoms with Crippen molar-refractivity contribution < 1.29 is 22.9 Å². The van der Waals surface area contributed by atoms with E-state index in [1.807, 2.05) is 6.08 Å². The van der Waals surface area contributed by atoms with Gasteiger partial charge in [0.15, 0.2) is 0 Å². The maximum Gasteiger partial charge on any atom is 0.267 e. The zero-order valence-corrected chi connectivity index (χ0v) is 35.7. The zero-order valence-electron chi connectivity index (χ0n) is 34.9. The summed E-state index contributed by atoms with van der Waals surface area (Å²) < 4.78 is 32.5. The number of aliphatic hydroxyl groups is 1. The highest BCUT2D eigenvalue weighted by Gasteiger charge is 2.24. The first-order chi connectivity index (χ1) is 25.8. The van der Waals surface area contributed by atoms with Gasteiger partial charge in [-0.3, -0.25) is 9.35 Å². The van der Waals surface area contributed by atoms with Gasteiger partial charge in [-0.25, -0.2) is 0 Å². The van der Waals surface area contributed by atoms with Gasteiger partial charge in [-0.1, -0.05) is 204 Å². The Morgan fingerprint density at radius 2 is 0.811 bits per heavy atom. The molecule has 0 radical (unpaired) electrons. The summed E-state index contributed by atoms with van der Waals surface area (Å²) in [7, 11) is -4.35. The van der Waals surface area contributed by atoms with E-state index in [1.54, 1.807) is 0 Å². The first kappa shape index (κ1) is 51.6. The van der Waals surface area contributed by atoms with Crippen molar-refractivity contribution in [2.75, 3.05) is 5.75 Å². The van der Waals surface area contributed by atoms with Crippen LogP contribution in [0.4, 0.5) is 0 Å². The van der Waals surface area contributed by atoms with Crippen LogP contribution in [0.3, 0.4) is 0 Å². The van der Waals surface area contributed by atoms with E-state index in [0.29, 0.717) is 0 Å². The van der Waals surface area contributed by atoms with Crippen molar-refractivity contribution in [2.45, 2.75) is 244 Å². The summed E-state index contributed by atoms with van der Waals surface area (Å²) in [5, 5.41) is 13.2. The lowest BCUT2D eigenvalue weighted by molar-refractivity contribution is -0.122. The van der Waals surface area contributed by atoms with Crippen molar-refractivity contribution in [1.82, 2.24) is 5.32 Å². The van der Waals surface area contributed by atoms with Gasteiger partial charge in [-0.2, -0.15) is 8.42 Å². The topological polar surface area (TPSA) is 104 Å². The molecule has 53 heavy (non-hydrogen) atoms. The average Bonchev–Trinajstić information content (AvgIpc) is 3.12. The molecular weight excluding hydrogens is 679 g/mol. The van der Waals surface area contributed by atoms with Crippen LogP contribution < -0.4 is 5.32 Å². The molecule has 7 heteroatoms. The van der Waals surface area contributed by atoms with E-state index in [1.165, 1.54) is 179 Å². The zero-order chi connectivity index (χ0) is 38.9. The van der Waals surface area contributed by atoms with Crippen LogP contribution >= 0.6 is 0 Å². The molecule has 1 amide bonds. The van der Waals surface area contributed by atoms with E-state index in [0.717, 1.165) is 38.5 Å². The Morgan fingerprint density at radius 1 is 0.491 bits per heavy atom. The summed E-state index contributed by atoms with van der Waals surface area (Å²) in [5.41, 5.74) is 0. The first-order valence-electron chi connectivity index (χ1n) is 22.7. The number of unbranched alkanes of at least 4 members (excludes halogenated alkanes) is 29. The maximum atomic E-state index is 12.5. The molecular formula is C46H87NO5S. The molecule has 0 aliphatic rings. The molecule has 3 N–H and O–H groups in total. The Balaban J connectivity index is 3.89. The van der Waals surface area contributed by atoms with Crippen LogP contribution in [0.15, 0.2) is 36.5 Å². The number of hydrogen-bond acceptors (Lipinski definition) is 4. The minimum absolute atomic E-state index is 0.287. The van der Waals surface area contributed by atoms with E-state index in [-0.39, 0.29) is 12.3 Å². The van der Waals surface area contributed by atoms with E-state index >= 15 is 0 Å². The molecule has 0 aromatic heterocycles. The van der Waals surface area contributed by atoms with Gasteiger partial charge in [0.2, 0.25) is 5.91 Å². The fourth-order valence-electron chi connectivity index (χ4n) is 6.87. The van der Waals surface area contributed by atoms with Crippen LogP contribution in [0.25, 0.3) is 0 Å². The van der Waals surface area contributed by atoms with Crippen molar-refractivity contribution in [1.29, 1.82) is 0 Å². The highest BCUT2D eigenvalue weighted by atomic mass is 32.2. The van der Waals surface area contributed by atoms with Crippen molar-refractivity contribution in [2.24, 2.45) is 0 Å². The predicted octanol–water partition coefficient (Wildman–Crippen LogP) is 13.7. The third-order valence-electron chi connectivity index (χ3n) is 10.3. The van der Waals surface area contributed by atoms with Crippen LogP contribution in [0.2, 0.25) is 0 Å². The molecule has 0 spiro atoms. The summed E-state index contributed by atoms with van der Waals surface area (Å²) >= 11 is 0. The quantitative estimate of drug-likeness (QED) is 0.0327. The lowest BCUT2D eigenvalue weighted by Crippen LogP contribution is -2.46. The Morgan fingerprint density at radius 3 is 1.19 bits per heavy atom. The minimum Gasteiger partial charge on any atom is -0.387 e. The van der Waals surface area contributed by atoms with Gasteiger partial charge < -0.3 is 10.4 Å². The highest BCUT2D eigenvalue weighted by Crippen LogP contribution is 2.15. The van der Waals surface area contributed by atoms with E-state index < -0.39 is 28.0 Å². The second kappa shape index (κ2) is 40.2. The standard InChI is InChI=1S/C46H87NO5S/c1-3-5-7-9-11-13-15-17-19-21-22-23-24-26-28-30-32-34-36-38-40-42-46(49)47-44(43-53(50,51)52)45(48)41-39-37-35-33-31-29-27-25-20-18-16-14-12-10-8-6-4-2/h21-22,31,33,39,41,44-45,48H,3-20,23-30,32,34-38,40,42-43H2,1-2H3,(H,47,49)(H,50,51,52)/b22-21-,33-31+,41-39+. The minimum atomic E-state index is -4.35. The number of carbonyl (C=O) groups is 1. The smallest absolute Gasteiger partial charge is 0.267 e. The third-order valence-corrected chi connectivity index (χ3v) is 11.1. The van der Waals surface area contributed by atoms with Gasteiger partial charge in [0.05, 0.1) is 17.9 Å². The average molecular weight is 766 g/mol. The lowest BCUT2D eigenvalue weighted by atomic mass is 10.0. The summed E-state index contributed by atoms with van der Waals surface area (Å²) in [6, 6.07) is -1.07. The Hall–Kier alpha value is -1.44. The number of rotatable bonds is 41. The molecule has 312 valence electrons. The molecule has 0 aromatic carbocycles. The van der Waals surface area contributed by atoms with Crippen LogP contribution in [-0.4, -0.2) is 41.9 Å². The second-order valence-electron chi connectivity index (χ2n) is 15.7. The summed E-state index contributed by atoms with van der Waals surface area (Å²) in [5.74, 6) is -0.998. The van der Waals surface area contributed by atoms with Crippen molar-refractivity contribution in [3.8, 4) is 0 Å². The molecule has 2 unspecified atom stereocenters. The summed E-state index contributed by atoms with van der Waals surface area (Å²) in [6.45, 7) is 4.54. The molecule has 0 saturated carbocycles. The number of carbonyl (C=O) groups excluding carboxylic acids is 1. The van der Waals surface area contributed by atoms with Crippen LogP contribution in [0.5, 0.6) is 0 Å². The maximum absolute atomic E-state index is 12.5. The Bertz CT molecular complexity index is 976. The van der Waals surface area contributed by atoms with Crippen LogP contribution in [-0.2, 0) is 14.9 Å². The summed E-state index contributed by atoms with van der Waals surface area (Å²) in [6.07, 6.45) is 52.8. The SMILES string of the molecule is CCCCCCCCCC/C=C\CCCCCCCCCCCC(=O)NC(CS(=O)(=O)O)C(O)/C=C/CC/C=C/CCCCCCCCCCCCC. The lowest BCUT2D eigenvalue weighted by Gasteiger charge is -2.21. The summed E-state index contributed by atoms with van der Waals surface area (Å²) in [4.78, 5) is 12.5. The Kier molecular flexibility index (Phi) is 39.1. The van der Waals surface area contributed by atoms with Crippen molar-refractivity contribution in [3.63, 3.8) is 0 Å². The van der Waals surface area contributed by atoms with Gasteiger partial charge in [0.25, 0.3) is 10.1 Å². The highest BCUT2D eigenvalue weighted by molar-refractivity contribution is 7.85. The van der Waals surface area contributed by atoms with E-state index in [4.69, 9.17) is 0 Å². The molecule has 0 aliphatic heterocycles. The molecule has 6 nitrogen and oxygen atoms in total. The molecule has 0 bridgehead atoms. The molecule has 0 aliphatic carbocycles. The molecule has 0 rings (SSSR count). The van der Waals surface area contributed by atoms with Gasteiger partial charge in [0, 0.05) is 6.42 Å². The number of hydrogen-bond donors (Lipinski definition) is 3.